The number of nitrogens with one attached hydrogen (secondary N) is 2. The molecule has 0 aliphatic heterocycles. The Labute approximate surface area is 139 Å². The predicted octanol–water partition coefficient (Wildman–Crippen LogP) is 2.72. The van der Waals surface area contributed by atoms with Crippen LogP contribution in [-0.2, 0) is 10.2 Å². The van der Waals surface area contributed by atoms with Gasteiger partial charge >= 0.3 is 0 Å². The lowest BCUT2D eigenvalue weighted by Gasteiger charge is -2.15. The number of benzene rings is 1. The Bertz CT molecular complexity index is 664. The van der Waals surface area contributed by atoms with Gasteiger partial charge in [0.15, 0.2) is 0 Å². The fourth-order valence-corrected chi connectivity index (χ4v) is 3.33. The number of thiophene rings is 1. The molecule has 1 aromatic carbocycles. The summed E-state index contributed by atoms with van der Waals surface area (Å²) >= 11 is 1.43. The summed E-state index contributed by atoms with van der Waals surface area (Å²) < 4.78 is 0. The van der Waals surface area contributed by atoms with E-state index in [4.69, 9.17) is 0 Å². The van der Waals surface area contributed by atoms with Crippen LogP contribution in [0.2, 0.25) is 0 Å². The minimum absolute atomic E-state index is 0.0470. The Balaban J connectivity index is 1.39. The molecule has 0 bridgehead atoms. The average Bonchev–Trinajstić information content (AvgIpc) is 3.22. The van der Waals surface area contributed by atoms with Crippen LogP contribution in [0.5, 0.6) is 0 Å². The zero-order chi connectivity index (χ0) is 16.1. The minimum atomic E-state index is -0.318. The van der Waals surface area contributed by atoms with E-state index in [1.807, 2.05) is 41.8 Å². The van der Waals surface area contributed by atoms with E-state index in [1.165, 1.54) is 11.3 Å². The van der Waals surface area contributed by atoms with Crippen molar-refractivity contribution < 1.29 is 9.59 Å². The lowest BCUT2D eigenvalue weighted by atomic mass is 9.95. The van der Waals surface area contributed by atoms with E-state index in [0.29, 0.717) is 13.1 Å². The van der Waals surface area contributed by atoms with Gasteiger partial charge in [-0.15, -0.1) is 11.3 Å². The molecular formula is C18H20N2O2S. The fraction of sp³-hybridized carbons (Fsp3) is 0.333. The number of hydrogen-bond donors (Lipinski definition) is 2. The van der Waals surface area contributed by atoms with Crippen LogP contribution in [0.15, 0.2) is 47.8 Å². The predicted molar refractivity (Wildman–Crippen MR) is 91.6 cm³/mol. The van der Waals surface area contributed by atoms with Gasteiger partial charge in [-0.3, -0.25) is 9.59 Å². The molecule has 1 fully saturated rings. The second kappa shape index (κ2) is 6.96. The van der Waals surface area contributed by atoms with Gasteiger partial charge in [0.1, 0.15) is 0 Å². The molecule has 4 nitrogen and oxygen atoms in total. The van der Waals surface area contributed by atoms with Gasteiger partial charge in [-0.2, -0.15) is 0 Å². The fourth-order valence-electron chi connectivity index (χ4n) is 2.69. The number of hydrogen-bond acceptors (Lipinski definition) is 3. The third-order valence-electron chi connectivity index (χ3n) is 4.18. The molecule has 1 saturated carbocycles. The quantitative estimate of drug-likeness (QED) is 0.768. The van der Waals surface area contributed by atoms with E-state index < -0.39 is 0 Å². The van der Waals surface area contributed by atoms with Crippen LogP contribution in [0, 0.1) is 0 Å². The molecule has 2 amide bonds. The molecule has 1 aliphatic carbocycles. The van der Waals surface area contributed by atoms with Crippen LogP contribution in [0.4, 0.5) is 0 Å². The van der Waals surface area contributed by atoms with Gasteiger partial charge in [-0.25, -0.2) is 0 Å². The summed E-state index contributed by atoms with van der Waals surface area (Å²) in [5.74, 6) is 0.0579. The Kier molecular flexibility index (Phi) is 4.76. The van der Waals surface area contributed by atoms with Crippen LogP contribution in [-0.4, -0.2) is 24.9 Å². The number of carbonyl (C=O) groups is 2. The maximum absolute atomic E-state index is 12.4. The molecule has 120 valence electrons. The van der Waals surface area contributed by atoms with Gasteiger partial charge < -0.3 is 10.6 Å². The van der Waals surface area contributed by atoms with Crippen molar-refractivity contribution >= 4 is 23.2 Å². The zero-order valence-corrected chi connectivity index (χ0v) is 13.7. The first-order valence-corrected chi connectivity index (χ1v) is 8.76. The Morgan fingerprint density at radius 3 is 2.39 bits per heavy atom. The van der Waals surface area contributed by atoms with E-state index in [2.05, 4.69) is 10.6 Å². The van der Waals surface area contributed by atoms with Gasteiger partial charge in [0.2, 0.25) is 5.91 Å². The first-order chi connectivity index (χ1) is 11.2. The van der Waals surface area contributed by atoms with E-state index in [0.717, 1.165) is 29.7 Å². The minimum Gasteiger partial charge on any atom is -0.355 e. The number of rotatable bonds is 7. The highest BCUT2D eigenvalue weighted by molar-refractivity contribution is 7.12. The summed E-state index contributed by atoms with van der Waals surface area (Å²) in [5, 5.41) is 7.75. The molecule has 3 rings (SSSR count). The van der Waals surface area contributed by atoms with Crippen LogP contribution in [0.1, 0.15) is 34.5 Å². The maximum atomic E-state index is 12.4. The Morgan fingerprint density at radius 2 is 1.74 bits per heavy atom. The first kappa shape index (κ1) is 15.7. The van der Waals surface area contributed by atoms with Crippen LogP contribution < -0.4 is 10.6 Å². The summed E-state index contributed by atoms with van der Waals surface area (Å²) in [6, 6.07) is 13.6. The highest BCUT2D eigenvalue weighted by Crippen LogP contribution is 2.48. The topological polar surface area (TPSA) is 58.2 Å². The molecule has 0 spiro atoms. The van der Waals surface area contributed by atoms with Crippen LogP contribution in [0.25, 0.3) is 0 Å². The van der Waals surface area contributed by atoms with Crippen molar-refractivity contribution in [2.24, 2.45) is 0 Å². The smallest absolute Gasteiger partial charge is 0.261 e. The highest BCUT2D eigenvalue weighted by Gasteiger charge is 2.50. The summed E-state index contributed by atoms with van der Waals surface area (Å²) in [7, 11) is 0. The third-order valence-corrected chi connectivity index (χ3v) is 5.05. The largest absolute Gasteiger partial charge is 0.355 e. The van der Waals surface area contributed by atoms with Gasteiger partial charge in [0, 0.05) is 13.1 Å². The van der Waals surface area contributed by atoms with Crippen molar-refractivity contribution in [3.8, 4) is 0 Å². The van der Waals surface area contributed by atoms with Crippen molar-refractivity contribution in [2.45, 2.75) is 24.7 Å². The Morgan fingerprint density at radius 1 is 1.00 bits per heavy atom. The highest BCUT2D eigenvalue weighted by atomic mass is 32.1. The lowest BCUT2D eigenvalue weighted by Crippen LogP contribution is -2.36. The summed E-state index contributed by atoms with van der Waals surface area (Å²) in [4.78, 5) is 24.9. The van der Waals surface area contributed by atoms with Crippen LogP contribution >= 0.6 is 11.3 Å². The molecule has 1 aliphatic rings. The molecule has 0 atom stereocenters. The molecule has 0 radical (unpaired) electrons. The van der Waals surface area contributed by atoms with E-state index >= 15 is 0 Å². The molecule has 23 heavy (non-hydrogen) atoms. The van der Waals surface area contributed by atoms with Gasteiger partial charge in [0.25, 0.3) is 5.91 Å². The second-order valence-corrected chi connectivity index (χ2v) is 6.74. The molecular weight excluding hydrogens is 308 g/mol. The third kappa shape index (κ3) is 3.62. The van der Waals surface area contributed by atoms with E-state index in [9.17, 15) is 9.59 Å². The van der Waals surface area contributed by atoms with E-state index in [1.54, 1.807) is 6.07 Å². The van der Waals surface area contributed by atoms with Crippen molar-refractivity contribution in [3.63, 3.8) is 0 Å². The number of carbonyl (C=O) groups excluding carboxylic acids is 2. The molecule has 1 heterocycles. The molecule has 0 saturated heterocycles. The Hall–Kier alpha value is -2.14. The van der Waals surface area contributed by atoms with E-state index in [-0.39, 0.29) is 17.2 Å². The monoisotopic (exact) mass is 328 g/mol. The van der Waals surface area contributed by atoms with Crippen molar-refractivity contribution in [1.82, 2.24) is 10.6 Å². The SMILES string of the molecule is O=C(NCCCNC(=O)C1(c2ccccc2)CC1)c1cccs1. The standard InChI is InChI=1S/C18H20N2O2S/c21-16(15-8-4-13-23-15)19-11-5-12-20-17(22)18(9-10-18)14-6-2-1-3-7-14/h1-4,6-8,13H,5,9-12H2,(H,19,21)(H,20,22). The first-order valence-electron chi connectivity index (χ1n) is 7.88. The van der Waals surface area contributed by atoms with Gasteiger partial charge in [-0.1, -0.05) is 36.4 Å². The van der Waals surface area contributed by atoms with Crippen molar-refractivity contribution in [3.05, 3.63) is 58.3 Å². The zero-order valence-electron chi connectivity index (χ0n) is 12.9. The molecule has 2 N–H and O–H groups in total. The van der Waals surface area contributed by atoms with Crippen molar-refractivity contribution in [2.75, 3.05) is 13.1 Å². The van der Waals surface area contributed by atoms with Gasteiger partial charge in [0.05, 0.1) is 10.3 Å². The average molecular weight is 328 g/mol. The maximum Gasteiger partial charge on any atom is 0.261 e. The molecule has 5 heteroatoms. The van der Waals surface area contributed by atoms with Crippen molar-refractivity contribution in [1.29, 1.82) is 0 Å². The summed E-state index contributed by atoms with van der Waals surface area (Å²) in [6.45, 7) is 1.15. The summed E-state index contributed by atoms with van der Waals surface area (Å²) in [5.41, 5.74) is 0.782. The lowest BCUT2D eigenvalue weighted by molar-refractivity contribution is -0.123. The molecule has 1 aromatic heterocycles. The second-order valence-electron chi connectivity index (χ2n) is 5.79. The summed E-state index contributed by atoms with van der Waals surface area (Å²) in [6.07, 6.45) is 2.56. The molecule has 0 unspecified atom stereocenters. The number of amides is 2. The van der Waals surface area contributed by atoms with Crippen LogP contribution in [0.3, 0.4) is 0 Å². The normalized spacial score (nSPS) is 15.0. The van der Waals surface area contributed by atoms with Gasteiger partial charge in [-0.05, 0) is 36.3 Å². The molecule has 2 aromatic rings.